The summed E-state index contributed by atoms with van der Waals surface area (Å²) in [5, 5.41) is 17.0. The second-order valence-corrected chi connectivity index (χ2v) is 2.59. The lowest BCUT2D eigenvalue weighted by Gasteiger charge is -1.98. The number of carbonyl (C=O) groups excluding carboxylic acids is 1. The zero-order valence-corrected chi connectivity index (χ0v) is 7.10. The van der Waals surface area contributed by atoms with Gasteiger partial charge in [0, 0.05) is 0 Å². The van der Waals surface area contributed by atoms with Gasteiger partial charge in [-0.05, 0) is 17.7 Å². The van der Waals surface area contributed by atoms with Crippen LogP contribution in [0.15, 0.2) is 12.1 Å². The summed E-state index contributed by atoms with van der Waals surface area (Å²) in [6.07, 6.45) is 0.254. The van der Waals surface area contributed by atoms with Crippen molar-refractivity contribution in [3.63, 3.8) is 0 Å². The number of hydrogen-bond acceptors (Lipinski definition) is 4. The summed E-state index contributed by atoms with van der Waals surface area (Å²) >= 11 is 0. The number of aliphatic carboxylic acids is 1. The molecule has 1 N–H and O–H groups in total. The third kappa shape index (κ3) is 2.38. The Morgan fingerprint density at radius 3 is 2.86 bits per heavy atom. The highest BCUT2D eigenvalue weighted by molar-refractivity contribution is 5.74. The number of carboxylic acid groups (broad SMARTS) is 1. The molecular formula is C9H6N2O3. The third-order valence-corrected chi connectivity index (χ3v) is 1.50. The van der Waals surface area contributed by atoms with Gasteiger partial charge in [-0.2, -0.15) is 5.26 Å². The van der Waals surface area contributed by atoms with Gasteiger partial charge in [-0.15, -0.1) is 0 Å². The molecule has 0 aromatic carbocycles. The molecule has 5 nitrogen and oxygen atoms in total. The van der Waals surface area contributed by atoms with Crippen molar-refractivity contribution >= 4 is 12.3 Å². The number of nitriles is 1. The Morgan fingerprint density at radius 2 is 2.36 bits per heavy atom. The Kier molecular flexibility index (Phi) is 2.92. The minimum Gasteiger partial charge on any atom is -0.481 e. The van der Waals surface area contributed by atoms with Crippen LogP contribution in [-0.4, -0.2) is 22.3 Å². The molecule has 0 bridgehead atoms. The SMILES string of the molecule is N#Cc1cc(CC(=O)O)cc(C=O)n1. The number of carboxylic acids is 1. The van der Waals surface area contributed by atoms with Gasteiger partial charge in [0.2, 0.25) is 0 Å². The molecular weight excluding hydrogens is 184 g/mol. The molecule has 1 heterocycles. The predicted molar refractivity (Wildman–Crippen MR) is 45.7 cm³/mol. The second-order valence-electron chi connectivity index (χ2n) is 2.59. The summed E-state index contributed by atoms with van der Waals surface area (Å²) in [4.78, 5) is 24.4. The summed E-state index contributed by atoms with van der Waals surface area (Å²) in [7, 11) is 0. The van der Waals surface area contributed by atoms with Crippen LogP contribution in [0.3, 0.4) is 0 Å². The second kappa shape index (κ2) is 4.14. The normalized spacial score (nSPS) is 9.07. The van der Waals surface area contributed by atoms with E-state index in [2.05, 4.69) is 4.98 Å². The molecule has 70 valence electrons. The summed E-state index contributed by atoms with van der Waals surface area (Å²) in [6.45, 7) is 0. The Morgan fingerprint density at radius 1 is 1.64 bits per heavy atom. The Bertz CT molecular complexity index is 421. The quantitative estimate of drug-likeness (QED) is 0.696. The summed E-state index contributed by atoms with van der Waals surface area (Å²) < 4.78 is 0. The summed E-state index contributed by atoms with van der Waals surface area (Å²) in [5.41, 5.74) is 0.511. The third-order valence-electron chi connectivity index (χ3n) is 1.50. The summed E-state index contributed by atoms with van der Waals surface area (Å²) in [5.74, 6) is -1.02. The van der Waals surface area contributed by atoms with E-state index in [1.807, 2.05) is 0 Å². The summed E-state index contributed by atoms with van der Waals surface area (Å²) in [6, 6.07) is 4.45. The van der Waals surface area contributed by atoms with Gasteiger partial charge in [0.05, 0.1) is 6.42 Å². The number of nitrogens with zero attached hydrogens (tertiary/aromatic N) is 2. The van der Waals surface area contributed by atoms with E-state index < -0.39 is 5.97 Å². The van der Waals surface area contributed by atoms with Crippen LogP contribution < -0.4 is 0 Å². The highest BCUT2D eigenvalue weighted by Crippen LogP contribution is 2.05. The molecule has 0 aliphatic carbocycles. The van der Waals surface area contributed by atoms with Crippen LogP contribution in [-0.2, 0) is 11.2 Å². The first-order valence-electron chi connectivity index (χ1n) is 3.73. The average Bonchev–Trinajstić information content (AvgIpc) is 2.16. The topological polar surface area (TPSA) is 91.0 Å². The van der Waals surface area contributed by atoms with Gasteiger partial charge in [-0.3, -0.25) is 9.59 Å². The fraction of sp³-hybridized carbons (Fsp3) is 0.111. The van der Waals surface area contributed by atoms with Crippen LogP contribution in [0.2, 0.25) is 0 Å². The molecule has 1 aromatic heterocycles. The Hall–Kier alpha value is -2.22. The molecule has 5 heteroatoms. The maximum absolute atomic E-state index is 10.4. The number of carbonyl (C=O) groups is 2. The number of aromatic nitrogens is 1. The van der Waals surface area contributed by atoms with Crippen molar-refractivity contribution in [1.29, 1.82) is 5.26 Å². The first-order chi connectivity index (χ1) is 6.65. The van der Waals surface area contributed by atoms with E-state index in [0.717, 1.165) is 0 Å². The van der Waals surface area contributed by atoms with E-state index in [9.17, 15) is 9.59 Å². The molecule has 0 amide bonds. The Balaban J connectivity index is 3.12. The predicted octanol–water partition coefficient (Wildman–Crippen LogP) is 0.393. The van der Waals surface area contributed by atoms with E-state index in [1.54, 1.807) is 6.07 Å². The van der Waals surface area contributed by atoms with Gasteiger partial charge in [-0.1, -0.05) is 0 Å². The average molecular weight is 190 g/mol. The van der Waals surface area contributed by atoms with Crippen molar-refractivity contribution in [2.24, 2.45) is 0 Å². The lowest BCUT2D eigenvalue weighted by molar-refractivity contribution is -0.136. The molecule has 0 spiro atoms. The van der Waals surface area contributed by atoms with Crippen molar-refractivity contribution in [3.05, 3.63) is 29.1 Å². The molecule has 0 unspecified atom stereocenters. The lowest BCUT2D eigenvalue weighted by Crippen LogP contribution is -2.02. The van der Waals surface area contributed by atoms with E-state index in [0.29, 0.717) is 11.8 Å². The van der Waals surface area contributed by atoms with E-state index in [1.165, 1.54) is 12.1 Å². The van der Waals surface area contributed by atoms with Crippen LogP contribution in [0, 0.1) is 11.3 Å². The van der Waals surface area contributed by atoms with Crippen LogP contribution in [0.1, 0.15) is 21.7 Å². The smallest absolute Gasteiger partial charge is 0.307 e. The van der Waals surface area contributed by atoms with Gasteiger partial charge < -0.3 is 5.11 Å². The van der Waals surface area contributed by atoms with Crippen molar-refractivity contribution in [2.75, 3.05) is 0 Å². The first-order valence-corrected chi connectivity index (χ1v) is 3.73. The molecule has 0 fully saturated rings. The van der Waals surface area contributed by atoms with Crippen molar-refractivity contribution in [2.45, 2.75) is 6.42 Å². The minimum absolute atomic E-state index is 0.0471. The standard InChI is InChI=1S/C9H6N2O3/c10-4-7-1-6(3-9(13)14)2-8(5-12)11-7/h1-2,5H,3H2,(H,13,14). The molecule has 1 aromatic rings. The number of pyridine rings is 1. The molecule has 0 aliphatic rings. The molecule has 1 rings (SSSR count). The molecule has 14 heavy (non-hydrogen) atoms. The van der Waals surface area contributed by atoms with Gasteiger partial charge in [0.15, 0.2) is 6.29 Å². The zero-order valence-electron chi connectivity index (χ0n) is 7.10. The lowest BCUT2D eigenvalue weighted by atomic mass is 10.1. The van der Waals surface area contributed by atoms with Crippen LogP contribution in [0.25, 0.3) is 0 Å². The maximum atomic E-state index is 10.4. The fourth-order valence-corrected chi connectivity index (χ4v) is 1.01. The van der Waals surface area contributed by atoms with Gasteiger partial charge in [0.1, 0.15) is 17.5 Å². The van der Waals surface area contributed by atoms with Crippen LogP contribution in [0.5, 0.6) is 0 Å². The van der Waals surface area contributed by atoms with Crippen LogP contribution >= 0.6 is 0 Å². The molecule has 0 aliphatic heterocycles. The number of rotatable bonds is 3. The molecule has 0 saturated carbocycles. The number of hydrogen-bond donors (Lipinski definition) is 1. The number of aldehydes is 1. The largest absolute Gasteiger partial charge is 0.481 e. The maximum Gasteiger partial charge on any atom is 0.307 e. The molecule has 0 atom stereocenters. The van der Waals surface area contributed by atoms with Crippen molar-refractivity contribution < 1.29 is 14.7 Å². The highest BCUT2D eigenvalue weighted by atomic mass is 16.4. The monoisotopic (exact) mass is 190 g/mol. The van der Waals surface area contributed by atoms with Crippen molar-refractivity contribution in [3.8, 4) is 6.07 Å². The minimum atomic E-state index is -1.02. The molecule has 0 saturated heterocycles. The zero-order chi connectivity index (χ0) is 10.6. The van der Waals surface area contributed by atoms with E-state index in [-0.39, 0.29) is 17.8 Å². The highest BCUT2D eigenvalue weighted by Gasteiger charge is 2.05. The van der Waals surface area contributed by atoms with Gasteiger partial charge in [0.25, 0.3) is 0 Å². The van der Waals surface area contributed by atoms with E-state index >= 15 is 0 Å². The van der Waals surface area contributed by atoms with Crippen LogP contribution in [0.4, 0.5) is 0 Å². The Labute approximate surface area is 79.6 Å². The molecule has 0 radical (unpaired) electrons. The van der Waals surface area contributed by atoms with Crippen molar-refractivity contribution in [1.82, 2.24) is 4.98 Å². The van der Waals surface area contributed by atoms with E-state index in [4.69, 9.17) is 10.4 Å². The first kappa shape index (κ1) is 9.86. The van der Waals surface area contributed by atoms with Gasteiger partial charge >= 0.3 is 5.97 Å². The van der Waals surface area contributed by atoms with Gasteiger partial charge in [-0.25, -0.2) is 4.98 Å². The fourth-order valence-electron chi connectivity index (χ4n) is 1.01.